The molecule has 0 bridgehead atoms. The van der Waals surface area contributed by atoms with Crippen molar-refractivity contribution in [2.75, 3.05) is 13.1 Å². The van der Waals surface area contributed by atoms with Crippen molar-refractivity contribution in [3.63, 3.8) is 0 Å². The maximum Gasteiger partial charge on any atom is 0.132 e. The van der Waals surface area contributed by atoms with E-state index in [4.69, 9.17) is 0 Å². The lowest BCUT2D eigenvalue weighted by Crippen LogP contribution is -2.37. The minimum Gasteiger partial charge on any atom is -0.324 e. The molecule has 0 aromatic carbocycles. The molecule has 1 unspecified atom stereocenters. The van der Waals surface area contributed by atoms with Crippen molar-refractivity contribution < 1.29 is 0 Å². The summed E-state index contributed by atoms with van der Waals surface area (Å²) in [5.41, 5.74) is 0. The van der Waals surface area contributed by atoms with Gasteiger partial charge in [0.1, 0.15) is 8.96 Å². The first-order valence-electron chi connectivity index (χ1n) is 4.01. The van der Waals surface area contributed by atoms with Crippen molar-refractivity contribution in [2.45, 2.75) is 31.5 Å². The third-order valence-electron chi connectivity index (χ3n) is 2.23. The van der Waals surface area contributed by atoms with Crippen molar-refractivity contribution in [1.82, 2.24) is 4.57 Å². The summed E-state index contributed by atoms with van der Waals surface area (Å²) in [7, 11) is 3.46. The first-order chi connectivity index (χ1) is 4.72. The number of hydrogen-bond acceptors (Lipinski definition) is 1. The minimum atomic E-state index is -0.237. The van der Waals surface area contributed by atoms with Crippen LogP contribution in [0.3, 0.4) is 0 Å². The molecule has 1 nitrogen and oxygen atoms in total. The lowest BCUT2D eigenvalue weighted by Gasteiger charge is -2.24. The average molecular weight is 169 g/mol. The molecule has 4 radical (unpaired) electrons. The predicted molar refractivity (Wildman–Crippen MR) is 47.6 cm³/mol. The Kier molecular flexibility index (Phi) is 3.13. The van der Waals surface area contributed by atoms with E-state index in [9.17, 15) is 0 Å². The maximum absolute atomic E-state index is 3.70. The Balaban J connectivity index is 2.32. The van der Waals surface area contributed by atoms with Crippen LogP contribution in [0.15, 0.2) is 0 Å². The SMILES string of the molecule is CC([Si])[Si](C)N1CCCC1. The first-order valence-corrected chi connectivity index (χ1v) is 6.61. The Bertz CT molecular complexity index is 99.8. The van der Waals surface area contributed by atoms with E-state index in [-0.39, 0.29) is 8.96 Å². The van der Waals surface area contributed by atoms with Crippen molar-refractivity contribution in [1.29, 1.82) is 0 Å². The largest absolute Gasteiger partial charge is 0.324 e. The summed E-state index contributed by atoms with van der Waals surface area (Å²) in [6, 6.07) is 0. The van der Waals surface area contributed by atoms with Crippen molar-refractivity contribution in [2.24, 2.45) is 0 Å². The van der Waals surface area contributed by atoms with Gasteiger partial charge >= 0.3 is 0 Å². The lowest BCUT2D eigenvalue weighted by atomic mass is 10.4. The normalized spacial score (nSPS) is 24.0. The number of nitrogens with zero attached hydrogens (tertiary/aromatic N) is 1. The Labute approximate surface area is 68.9 Å². The second-order valence-corrected chi connectivity index (χ2v) is 7.28. The average Bonchev–Trinajstić information content (AvgIpc) is 2.36. The molecule has 10 heavy (non-hydrogen) atoms. The fraction of sp³-hybridized carbons (Fsp3) is 1.00. The molecule has 1 saturated heterocycles. The molecule has 0 aromatic rings. The van der Waals surface area contributed by atoms with Crippen LogP contribution in [-0.2, 0) is 0 Å². The van der Waals surface area contributed by atoms with Gasteiger partial charge in [0.25, 0.3) is 0 Å². The van der Waals surface area contributed by atoms with Crippen LogP contribution >= 0.6 is 0 Å². The fourth-order valence-corrected chi connectivity index (χ4v) is 3.46. The van der Waals surface area contributed by atoms with E-state index in [2.05, 4.69) is 28.3 Å². The molecule has 0 amide bonds. The molecule has 0 aromatic heterocycles. The highest BCUT2D eigenvalue weighted by atomic mass is 28.3. The van der Waals surface area contributed by atoms with E-state index in [0.717, 1.165) is 5.16 Å². The topological polar surface area (TPSA) is 3.24 Å². The van der Waals surface area contributed by atoms with Crippen molar-refractivity contribution in [3.8, 4) is 0 Å². The van der Waals surface area contributed by atoms with Crippen molar-refractivity contribution in [3.05, 3.63) is 0 Å². The van der Waals surface area contributed by atoms with Crippen LogP contribution in [0.2, 0.25) is 11.7 Å². The molecular formula is C7H15NSi2. The van der Waals surface area contributed by atoms with Gasteiger partial charge in [-0.1, -0.05) is 13.5 Å². The molecule has 0 saturated carbocycles. The summed E-state index contributed by atoms with van der Waals surface area (Å²) < 4.78 is 2.66. The third-order valence-corrected chi connectivity index (χ3v) is 6.18. The van der Waals surface area contributed by atoms with Crippen LogP contribution < -0.4 is 0 Å². The van der Waals surface area contributed by atoms with Gasteiger partial charge < -0.3 is 4.57 Å². The van der Waals surface area contributed by atoms with Crippen LogP contribution in [0.4, 0.5) is 0 Å². The van der Waals surface area contributed by atoms with E-state index in [0.29, 0.717) is 0 Å². The second-order valence-electron chi connectivity index (χ2n) is 3.06. The Morgan fingerprint density at radius 3 is 2.30 bits per heavy atom. The van der Waals surface area contributed by atoms with Crippen molar-refractivity contribution >= 4 is 19.2 Å². The van der Waals surface area contributed by atoms with Gasteiger partial charge in [0.15, 0.2) is 0 Å². The van der Waals surface area contributed by atoms with Crippen LogP contribution in [0.25, 0.3) is 0 Å². The Hall–Kier alpha value is 0.394. The van der Waals surface area contributed by atoms with E-state index in [1.54, 1.807) is 0 Å². The summed E-state index contributed by atoms with van der Waals surface area (Å²) in [5, 5.41) is 0.725. The second kappa shape index (κ2) is 3.69. The molecule has 0 aliphatic carbocycles. The van der Waals surface area contributed by atoms with Crippen LogP contribution in [0.1, 0.15) is 19.8 Å². The molecule has 1 heterocycles. The molecule has 1 atom stereocenters. The quantitative estimate of drug-likeness (QED) is 0.562. The van der Waals surface area contributed by atoms with Gasteiger partial charge in [-0.05, 0) is 31.1 Å². The third kappa shape index (κ3) is 1.94. The molecule has 1 fully saturated rings. The molecule has 0 spiro atoms. The summed E-state index contributed by atoms with van der Waals surface area (Å²) >= 11 is 0. The molecule has 0 N–H and O–H groups in total. The highest BCUT2D eigenvalue weighted by molar-refractivity contribution is 6.64. The minimum absolute atomic E-state index is 0.237. The van der Waals surface area contributed by atoms with E-state index in [1.807, 2.05) is 0 Å². The summed E-state index contributed by atoms with van der Waals surface area (Å²) in [6.45, 7) is 7.36. The Morgan fingerprint density at radius 1 is 1.40 bits per heavy atom. The highest BCUT2D eigenvalue weighted by Crippen LogP contribution is 2.15. The molecule has 1 aliphatic rings. The summed E-state index contributed by atoms with van der Waals surface area (Å²) in [5.74, 6) is 0. The summed E-state index contributed by atoms with van der Waals surface area (Å²) in [6.07, 6.45) is 2.84. The van der Waals surface area contributed by atoms with Gasteiger partial charge in [0, 0.05) is 10.2 Å². The number of hydrogen-bond donors (Lipinski definition) is 0. The fourth-order valence-electron chi connectivity index (χ4n) is 1.34. The van der Waals surface area contributed by atoms with E-state index in [1.165, 1.54) is 25.9 Å². The standard InChI is InChI=1S/C7H15NSi2/c1-7(9)10(2)8-5-3-4-6-8/h7H,3-6H2,1-2H3. The highest BCUT2D eigenvalue weighted by Gasteiger charge is 2.21. The molecule has 1 rings (SSSR count). The monoisotopic (exact) mass is 169 g/mol. The Morgan fingerprint density at radius 2 is 1.90 bits per heavy atom. The zero-order chi connectivity index (χ0) is 7.56. The van der Waals surface area contributed by atoms with Crippen LogP contribution in [0, 0.1) is 0 Å². The van der Waals surface area contributed by atoms with Gasteiger partial charge in [-0.25, -0.2) is 0 Å². The van der Waals surface area contributed by atoms with Gasteiger partial charge in [-0.3, -0.25) is 0 Å². The molecule has 56 valence electrons. The molecular weight excluding hydrogens is 154 g/mol. The number of rotatable bonds is 2. The maximum atomic E-state index is 3.70. The summed E-state index contributed by atoms with van der Waals surface area (Å²) in [4.78, 5) is 0. The molecule has 1 aliphatic heterocycles. The zero-order valence-electron chi connectivity index (χ0n) is 6.85. The first kappa shape index (κ1) is 8.49. The van der Waals surface area contributed by atoms with Gasteiger partial charge in [0.2, 0.25) is 0 Å². The predicted octanol–water partition coefficient (Wildman–Crippen LogP) is 1.22. The van der Waals surface area contributed by atoms with E-state index < -0.39 is 0 Å². The van der Waals surface area contributed by atoms with Gasteiger partial charge in [0.05, 0.1) is 0 Å². The zero-order valence-corrected chi connectivity index (χ0v) is 8.85. The van der Waals surface area contributed by atoms with E-state index >= 15 is 0 Å². The lowest BCUT2D eigenvalue weighted by molar-refractivity contribution is 0.533. The molecule has 3 heteroatoms. The van der Waals surface area contributed by atoms with Crippen LogP contribution in [-0.4, -0.2) is 36.9 Å². The smallest absolute Gasteiger partial charge is 0.132 e. The van der Waals surface area contributed by atoms with Gasteiger partial charge in [-0.2, -0.15) is 0 Å². The van der Waals surface area contributed by atoms with Gasteiger partial charge in [-0.15, -0.1) is 0 Å². The van der Waals surface area contributed by atoms with Crippen LogP contribution in [0.5, 0.6) is 0 Å².